The van der Waals surface area contributed by atoms with E-state index in [9.17, 15) is 19.7 Å². The van der Waals surface area contributed by atoms with Gasteiger partial charge in [0, 0.05) is 30.3 Å². The number of esters is 1. The number of benzene rings is 2. The molecule has 0 radical (unpaired) electrons. The fraction of sp³-hybridized carbons (Fsp3) is 0.300. The van der Waals surface area contributed by atoms with Crippen molar-refractivity contribution < 1.29 is 19.2 Å². The van der Waals surface area contributed by atoms with Gasteiger partial charge in [0.1, 0.15) is 0 Å². The van der Waals surface area contributed by atoms with Crippen LogP contribution < -0.4 is 0 Å². The highest BCUT2D eigenvalue weighted by Gasteiger charge is 2.31. The Kier molecular flexibility index (Phi) is 5.49. The second-order valence-electron chi connectivity index (χ2n) is 6.49. The van der Waals surface area contributed by atoms with E-state index >= 15 is 0 Å². The van der Waals surface area contributed by atoms with E-state index in [1.165, 1.54) is 18.2 Å². The van der Waals surface area contributed by atoms with Gasteiger partial charge in [-0.3, -0.25) is 14.9 Å². The second-order valence-corrected chi connectivity index (χ2v) is 6.49. The van der Waals surface area contributed by atoms with E-state index in [0.717, 1.165) is 12.8 Å². The molecule has 7 heteroatoms. The molecule has 1 saturated heterocycles. The number of hydrogen-bond acceptors (Lipinski definition) is 5. The lowest BCUT2D eigenvalue weighted by Crippen LogP contribution is -2.34. The first-order valence-corrected chi connectivity index (χ1v) is 8.77. The first-order valence-electron chi connectivity index (χ1n) is 8.77. The van der Waals surface area contributed by atoms with E-state index in [0.29, 0.717) is 24.2 Å². The quantitative estimate of drug-likeness (QED) is 0.458. The Balaban J connectivity index is 1.87. The van der Waals surface area contributed by atoms with Crippen molar-refractivity contribution in [2.24, 2.45) is 0 Å². The van der Waals surface area contributed by atoms with E-state index in [2.05, 4.69) is 0 Å². The molecule has 0 saturated carbocycles. The van der Waals surface area contributed by atoms with Gasteiger partial charge in [0.2, 0.25) is 6.10 Å². The smallest absolute Gasteiger partial charge is 0.339 e. The van der Waals surface area contributed by atoms with Gasteiger partial charge in [-0.1, -0.05) is 36.4 Å². The number of nitro benzene ring substituents is 1. The van der Waals surface area contributed by atoms with Gasteiger partial charge in [-0.2, -0.15) is 0 Å². The average Bonchev–Trinajstić information content (AvgIpc) is 3.21. The van der Waals surface area contributed by atoms with Crippen molar-refractivity contribution in [2.45, 2.75) is 25.9 Å². The molecule has 1 amide bonds. The van der Waals surface area contributed by atoms with Crippen LogP contribution in [0.2, 0.25) is 0 Å². The standard InChI is InChI=1S/C20H20N2O5/c1-14-9-10-16(13-17(14)22(25)26)20(24)27-18(15-7-3-2-4-8-15)19(23)21-11-5-6-12-21/h2-4,7-10,13,18H,5-6,11-12H2,1H3/t18-/m1/s1. The Morgan fingerprint density at radius 2 is 1.78 bits per heavy atom. The summed E-state index contributed by atoms with van der Waals surface area (Å²) >= 11 is 0. The van der Waals surface area contributed by atoms with Crippen LogP contribution in [0.15, 0.2) is 48.5 Å². The molecule has 0 aliphatic carbocycles. The first kappa shape index (κ1) is 18.6. The zero-order valence-corrected chi connectivity index (χ0v) is 15.0. The SMILES string of the molecule is Cc1ccc(C(=O)O[C@@H](C(=O)N2CCCC2)c2ccccc2)cc1[N+](=O)[O-]. The van der Waals surface area contributed by atoms with Crippen molar-refractivity contribution in [3.05, 3.63) is 75.3 Å². The van der Waals surface area contributed by atoms with Crippen LogP contribution in [0.25, 0.3) is 0 Å². The molecule has 3 rings (SSSR count). The highest BCUT2D eigenvalue weighted by atomic mass is 16.6. The topological polar surface area (TPSA) is 89.8 Å². The summed E-state index contributed by atoms with van der Waals surface area (Å²) in [6.45, 7) is 2.86. The summed E-state index contributed by atoms with van der Waals surface area (Å²) in [5, 5.41) is 11.1. The molecule has 1 fully saturated rings. The Morgan fingerprint density at radius 1 is 1.11 bits per heavy atom. The van der Waals surface area contributed by atoms with Gasteiger partial charge in [-0.25, -0.2) is 4.79 Å². The van der Waals surface area contributed by atoms with E-state index in [1.54, 1.807) is 36.1 Å². The molecule has 27 heavy (non-hydrogen) atoms. The van der Waals surface area contributed by atoms with E-state index in [1.807, 2.05) is 6.07 Å². The third-order valence-electron chi connectivity index (χ3n) is 4.61. The molecule has 1 aliphatic rings. The average molecular weight is 368 g/mol. The highest BCUT2D eigenvalue weighted by molar-refractivity contribution is 5.93. The lowest BCUT2D eigenvalue weighted by Gasteiger charge is -2.23. The maximum absolute atomic E-state index is 12.9. The zero-order valence-electron chi connectivity index (χ0n) is 15.0. The summed E-state index contributed by atoms with van der Waals surface area (Å²) in [5.41, 5.74) is 0.905. The number of ether oxygens (including phenoxy) is 1. The Bertz CT molecular complexity index is 860. The number of amides is 1. The number of hydrogen-bond donors (Lipinski definition) is 0. The molecule has 2 aromatic rings. The van der Waals surface area contributed by atoms with Crippen LogP contribution >= 0.6 is 0 Å². The monoisotopic (exact) mass is 368 g/mol. The maximum Gasteiger partial charge on any atom is 0.339 e. The van der Waals surface area contributed by atoms with Crippen LogP contribution in [-0.2, 0) is 9.53 Å². The number of nitrogens with zero attached hydrogens (tertiary/aromatic N) is 2. The minimum absolute atomic E-state index is 0.0439. The van der Waals surface area contributed by atoms with Crippen LogP contribution in [0.4, 0.5) is 5.69 Å². The van der Waals surface area contributed by atoms with Gasteiger partial charge in [0.25, 0.3) is 11.6 Å². The van der Waals surface area contributed by atoms with Gasteiger partial charge in [-0.15, -0.1) is 0 Å². The minimum atomic E-state index is -1.07. The van der Waals surface area contributed by atoms with Crippen LogP contribution in [0.5, 0.6) is 0 Å². The van der Waals surface area contributed by atoms with Crippen molar-refractivity contribution in [2.75, 3.05) is 13.1 Å². The maximum atomic E-state index is 12.9. The van der Waals surface area contributed by atoms with Crippen molar-refractivity contribution >= 4 is 17.6 Å². The lowest BCUT2D eigenvalue weighted by molar-refractivity contribution is -0.385. The molecule has 1 atom stereocenters. The molecule has 0 aromatic heterocycles. The summed E-state index contributed by atoms with van der Waals surface area (Å²) in [6, 6.07) is 12.9. The summed E-state index contributed by atoms with van der Waals surface area (Å²) < 4.78 is 5.52. The van der Waals surface area contributed by atoms with Gasteiger partial charge >= 0.3 is 5.97 Å². The van der Waals surface area contributed by atoms with Gasteiger partial charge in [-0.05, 0) is 25.8 Å². The van der Waals surface area contributed by atoms with Crippen LogP contribution in [0, 0.1) is 17.0 Å². The molecular weight excluding hydrogens is 348 g/mol. The number of rotatable bonds is 5. The van der Waals surface area contributed by atoms with Crippen molar-refractivity contribution in [3.8, 4) is 0 Å². The predicted molar refractivity (Wildman–Crippen MR) is 98.2 cm³/mol. The molecule has 140 valence electrons. The number of aryl methyl sites for hydroxylation is 1. The van der Waals surface area contributed by atoms with E-state index in [-0.39, 0.29) is 17.2 Å². The third-order valence-corrected chi connectivity index (χ3v) is 4.61. The molecule has 0 bridgehead atoms. The van der Waals surface area contributed by atoms with E-state index < -0.39 is 17.0 Å². The fourth-order valence-electron chi connectivity index (χ4n) is 3.10. The number of carbonyl (C=O) groups excluding carboxylic acids is 2. The summed E-state index contributed by atoms with van der Waals surface area (Å²) in [4.78, 5) is 37.8. The summed E-state index contributed by atoms with van der Waals surface area (Å²) in [7, 11) is 0. The van der Waals surface area contributed by atoms with Crippen molar-refractivity contribution in [3.63, 3.8) is 0 Å². The predicted octanol–water partition coefficient (Wildman–Crippen LogP) is 3.42. The van der Waals surface area contributed by atoms with Crippen LogP contribution in [0.3, 0.4) is 0 Å². The zero-order chi connectivity index (χ0) is 19.4. The molecule has 0 spiro atoms. The Labute approximate surface area is 156 Å². The Morgan fingerprint density at radius 3 is 2.41 bits per heavy atom. The van der Waals surface area contributed by atoms with Gasteiger partial charge in [0.15, 0.2) is 0 Å². The number of likely N-dealkylation sites (tertiary alicyclic amines) is 1. The largest absolute Gasteiger partial charge is 0.444 e. The highest BCUT2D eigenvalue weighted by Crippen LogP contribution is 2.26. The summed E-state index contributed by atoms with van der Waals surface area (Å²) in [5.74, 6) is -1.03. The normalized spacial score (nSPS) is 14.6. The fourth-order valence-corrected chi connectivity index (χ4v) is 3.10. The van der Waals surface area contributed by atoms with Gasteiger partial charge < -0.3 is 9.64 Å². The lowest BCUT2D eigenvalue weighted by atomic mass is 10.1. The summed E-state index contributed by atoms with van der Waals surface area (Å²) in [6.07, 6.45) is 0.772. The minimum Gasteiger partial charge on any atom is -0.444 e. The molecule has 2 aromatic carbocycles. The third kappa shape index (κ3) is 4.13. The van der Waals surface area contributed by atoms with Crippen LogP contribution in [0.1, 0.15) is 40.4 Å². The Hall–Kier alpha value is -3.22. The van der Waals surface area contributed by atoms with Gasteiger partial charge in [0.05, 0.1) is 10.5 Å². The van der Waals surface area contributed by atoms with Crippen LogP contribution in [-0.4, -0.2) is 34.8 Å². The number of nitro groups is 1. The van der Waals surface area contributed by atoms with Crippen molar-refractivity contribution in [1.82, 2.24) is 4.90 Å². The second kappa shape index (κ2) is 7.99. The molecule has 0 N–H and O–H groups in total. The molecule has 7 nitrogen and oxygen atoms in total. The molecule has 1 aliphatic heterocycles. The molecular formula is C20H20N2O5. The van der Waals surface area contributed by atoms with Crippen molar-refractivity contribution in [1.29, 1.82) is 0 Å². The molecule has 1 heterocycles. The molecule has 0 unspecified atom stereocenters. The number of carbonyl (C=O) groups is 2. The van der Waals surface area contributed by atoms with E-state index in [4.69, 9.17) is 4.74 Å². The first-order chi connectivity index (χ1) is 13.0.